The van der Waals surface area contributed by atoms with Crippen LogP contribution in [0.3, 0.4) is 0 Å². The van der Waals surface area contributed by atoms with E-state index in [4.69, 9.17) is 27.9 Å². The Labute approximate surface area is 159 Å². The predicted octanol–water partition coefficient (Wildman–Crippen LogP) is 6.11. The molecule has 126 valence electrons. The van der Waals surface area contributed by atoms with Gasteiger partial charge < -0.3 is 4.74 Å². The highest BCUT2D eigenvalue weighted by molar-refractivity contribution is 7.10. The second-order valence-electron chi connectivity index (χ2n) is 6.48. The first-order valence-electron chi connectivity index (χ1n) is 8.01. The Morgan fingerprint density at radius 1 is 0.960 bits per heavy atom. The van der Waals surface area contributed by atoms with Gasteiger partial charge in [0.05, 0.1) is 10.8 Å². The molecule has 3 aromatic rings. The van der Waals surface area contributed by atoms with Crippen LogP contribution in [0.2, 0.25) is 0 Å². The largest absolute Gasteiger partial charge is 0.478 e. The first kappa shape index (κ1) is 15.7. The monoisotopic (exact) mass is 390 g/mol. The van der Waals surface area contributed by atoms with E-state index in [2.05, 4.69) is 0 Å². The molecule has 5 heteroatoms. The van der Waals surface area contributed by atoms with Crippen molar-refractivity contribution in [2.24, 2.45) is 5.92 Å². The van der Waals surface area contributed by atoms with Crippen molar-refractivity contribution in [2.75, 3.05) is 0 Å². The van der Waals surface area contributed by atoms with E-state index in [0.29, 0.717) is 0 Å². The van der Waals surface area contributed by atoms with Crippen LogP contribution < -0.4 is 4.74 Å². The molecule has 2 aromatic carbocycles. The molecule has 1 aliphatic heterocycles. The maximum Gasteiger partial charge on any atom is 0.183 e. The van der Waals surface area contributed by atoms with Crippen LogP contribution >= 0.6 is 34.5 Å². The zero-order valence-electron chi connectivity index (χ0n) is 13.0. The minimum Gasteiger partial charge on any atom is -0.478 e. The molecule has 0 spiro atoms. The lowest BCUT2D eigenvalue weighted by atomic mass is 9.83. The minimum atomic E-state index is -1.05. The number of ether oxygens (including phenoxy) is 1. The van der Waals surface area contributed by atoms with Crippen molar-refractivity contribution in [1.82, 2.24) is 0 Å². The van der Waals surface area contributed by atoms with Gasteiger partial charge in [-0.15, -0.1) is 11.3 Å². The van der Waals surface area contributed by atoms with Crippen LogP contribution in [0.4, 0.5) is 4.39 Å². The van der Waals surface area contributed by atoms with E-state index in [0.717, 1.165) is 21.8 Å². The van der Waals surface area contributed by atoms with Crippen molar-refractivity contribution in [1.29, 1.82) is 0 Å². The van der Waals surface area contributed by atoms with Gasteiger partial charge in [0, 0.05) is 11.5 Å². The van der Waals surface area contributed by atoms with E-state index in [-0.39, 0.29) is 17.7 Å². The van der Waals surface area contributed by atoms with Crippen LogP contribution in [-0.4, -0.2) is 4.33 Å². The smallest absolute Gasteiger partial charge is 0.183 e. The molecule has 1 saturated carbocycles. The molecule has 1 aromatic heterocycles. The predicted molar refractivity (Wildman–Crippen MR) is 99.2 cm³/mol. The van der Waals surface area contributed by atoms with Crippen molar-refractivity contribution in [3.63, 3.8) is 0 Å². The quantitative estimate of drug-likeness (QED) is 0.479. The molecule has 2 heterocycles. The second kappa shape index (κ2) is 5.23. The highest BCUT2D eigenvalue weighted by atomic mass is 35.5. The van der Waals surface area contributed by atoms with Crippen molar-refractivity contribution in [3.8, 4) is 5.75 Å². The number of alkyl halides is 2. The van der Waals surface area contributed by atoms with Gasteiger partial charge in [-0.3, -0.25) is 0 Å². The van der Waals surface area contributed by atoms with E-state index in [1.807, 2.05) is 53.9 Å². The van der Waals surface area contributed by atoms with Gasteiger partial charge in [0.15, 0.2) is 9.93 Å². The summed E-state index contributed by atoms with van der Waals surface area (Å²) in [6, 6.07) is 18.5. The summed E-state index contributed by atoms with van der Waals surface area (Å²) >= 11 is 15.2. The van der Waals surface area contributed by atoms with E-state index >= 15 is 0 Å². The van der Waals surface area contributed by atoms with Crippen LogP contribution in [0.15, 0.2) is 66.0 Å². The second-order valence-corrected chi connectivity index (χ2v) is 8.82. The molecule has 1 fully saturated rings. The van der Waals surface area contributed by atoms with Crippen molar-refractivity contribution < 1.29 is 9.13 Å². The molecule has 0 amide bonds. The maximum atomic E-state index is 13.4. The highest BCUT2D eigenvalue weighted by Gasteiger charge is 2.84. The fraction of sp³-hybridized carbons (Fsp3) is 0.200. The Bertz CT molecular complexity index is 939. The molecule has 1 nitrogen and oxygen atoms in total. The summed E-state index contributed by atoms with van der Waals surface area (Å²) in [5.41, 5.74) is 1.26. The summed E-state index contributed by atoms with van der Waals surface area (Å²) in [7, 11) is 0. The summed E-state index contributed by atoms with van der Waals surface area (Å²) in [4.78, 5) is 1.02. The number of hydrogen-bond donors (Lipinski definition) is 0. The van der Waals surface area contributed by atoms with E-state index in [9.17, 15) is 4.39 Å². The van der Waals surface area contributed by atoms with Crippen LogP contribution in [0.1, 0.15) is 21.9 Å². The van der Waals surface area contributed by atoms with Gasteiger partial charge in [0.2, 0.25) is 0 Å². The van der Waals surface area contributed by atoms with Crippen LogP contribution in [0, 0.1) is 11.7 Å². The Morgan fingerprint density at radius 3 is 2.44 bits per heavy atom. The van der Waals surface area contributed by atoms with Gasteiger partial charge in [0.1, 0.15) is 11.6 Å². The normalized spacial score (nSPS) is 28.6. The number of benzene rings is 2. The zero-order valence-corrected chi connectivity index (χ0v) is 15.3. The Kier molecular flexibility index (Phi) is 3.28. The molecular weight excluding hydrogens is 378 g/mol. The molecular formula is C20H13Cl2FOS. The highest BCUT2D eigenvalue weighted by Crippen LogP contribution is 2.77. The lowest BCUT2D eigenvalue weighted by Crippen LogP contribution is -2.27. The molecule has 3 atom stereocenters. The fourth-order valence-electron chi connectivity index (χ4n) is 4.06. The number of halogens is 3. The number of para-hydroxylation sites is 1. The van der Waals surface area contributed by atoms with Crippen molar-refractivity contribution in [2.45, 2.75) is 15.9 Å². The van der Waals surface area contributed by atoms with E-state index < -0.39 is 9.93 Å². The summed E-state index contributed by atoms with van der Waals surface area (Å²) in [5.74, 6) is 0.335. The number of fused-ring (bicyclic) bond motifs is 2. The Hall–Kier alpha value is -1.55. The van der Waals surface area contributed by atoms with Crippen LogP contribution in [0.5, 0.6) is 5.75 Å². The molecule has 0 N–H and O–H groups in total. The molecule has 1 aliphatic carbocycles. The van der Waals surface area contributed by atoms with Gasteiger partial charge in [-0.05, 0) is 35.2 Å². The van der Waals surface area contributed by atoms with Crippen LogP contribution in [-0.2, 0) is 5.60 Å². The van der Waals surface area contributed by atoms with E-state index in [1.165, 1.54) is 12.1 Å². The molecule has 5 rings (SSSR count). The van der Waals surface area contributed by atoms with Gasteiger partial charge in [-0.2, -0.15) is 0 Å². The summed E-state index contributed by atoms with van der Waals surface area (Å²) in [6.45, 7) is 0. The minimum absolute atomic E-state index is 0.0531. The van der Waals surface area contributed by atoms with E-state index in [1.54, 1.807) is 11.3 Å². The maximum absolute atomic E-state index is 13.4. The average molecular weight is 391 g/mol. The lowest BCUT2D eigenvalue weighted by Gasteiger charge is -2.31. The molecule has 0 saturated heterocycles. The molecule has 3 unspecified atom stereocenters. The first-order valence-corrected chi connectivity index (χ1v) is 9.64. The fourth-order valence-corrected chi connectivity index (χ4v) is 6.11. The lowest BCUT2D eigenvalue weighted by molar-refractivity contribution is 0.141. The average Bonchev–Trinajstić information content (AvgIpc) is 2.99. The molecule has 2 aliphatic rings. The standard InChI is InChI=1S/C20H13Cl2FOS/c21-20(22)18-17(12-7-9-13(23)10-8-12)14-4-1-2-5-15(14)24-19(18,20)16-6-3-11-25-16/h1-11,17-18H. The van der Waals surface area contributed by atoms with Gasteiger partial charge in [0.25, 0.3) is 0 Å². The summed E-state index contributed by atoms with van der Waals surface area (Å²) in [5, 5.41) is 2.00. The van der Waals surface area contributed by atoms with Gasteiger partial charge in [-0.25, -0.2) is 4.39 Å². The molecule has 0 bridgehead atoms. The van der Waals surface area contributed by atoms with Gasteiger partial charge in [-0.1, -0.05) is 59.6 Å². The molecule has 25 heavy (non-hydrogen) atoms. The van der Waals surface area contributed by atoms with Gasteiger partial charge >= 0.3 is 0 Å². The molecule has 0 radical (unpaired) electrons. The first-order chi connectivity index (χ1) is 12.1. The Balaban J connectivity index is 1.73. The summed E-state index contributed by atoms with van der Waals surface area (Å²) in [6.07, 6.45) is 0. The zero-order chi connectivity index (χ0) is 17.2. The third-order valence-corrected chi connectivity index (χ3v) is 7.23. The number of hydrogen-bond acceptors (Lipinski definition) is 2. The SMILES string of the molecule is Fc1ccc(C2c3ccccc3OC3(c4cccs4)C2C3(Cl)Cl)cc1. The summed E-state index contributed by atoms with van der Waals surface area (Å²) < 4.78 is 18.8. The van der Waals surface area contributed by atoms with Crippen LogP contribution in [0.25, 0.3) is 0 Å². The third-order valence-electron chi connectivity index (χ3n) is 5.22. The third kappa shape index (κ3) is 2.00. The topological polar surface area (TPSA) is 9.23 Å². The number of thiophene rings is 1. The van der Waals surface area contributed by atoms with Crippen molar-refractivity contribution in [3.05, 3.63) is 87.9 Å². The van der Waals surface area contributed by atoms with Crippen molar-refractivity contribution >= 4 is 34.5 Å². The Morgan fingerprint density at radius 2 is 1.72 bits per heavy atom. The number of rotatable bonds is 2.